The van der Waals surface area contributed by atoms with Crippen molar-refractivity contribution in [1.29, 1.82) is 0 Å². The molecule has 0 aliphatic rings. The van der Waals surface area contributed by atoms with E-state index in [4.69, 9.17) is 4.74 Å². The Hall–Kier alpha value is -1.61. The van der Waals surface area contributed by atoms with Crippen molar-refractivity contribution in [3.05, 3.63) is 69.2 Å². The number of halogens is 1. The Morgan fingerprint density at radius 1 is 1.10 bits per heavy atom. The number of hydrogen-bond donors (Lipinski definition) is 0. The van der Waals surface area contributed by atoms with E-state index in [1.807, 2.05) is 19.1 Å². The van der Waals surface area contributed by atoms with Crippen LogP contribution in [0, 0.1) is 13.8 Å². The van der Waals surface area contributed by atoms with E-state index >= 15 is 0 Å². The van der Waals surface area contributed by atoms with Crippen LogP contribution < -0.4 is 0 Å². The van der Waals surface area contributed by atoms with Crippen molar-refractivity contribution in [2.45, 2.75) is 20.3 Å². The van der Waals surface area contributed by atoms with E-state index in [0.717, 1.165) is 16.5 Å². The zero-order valence-corrected chi connectivity index (χ0v) is 13.2. The van der Waals surface area contributed by atoms with E-state index in [1.54, 1.807) is 6.07 Å². The maximum atomic E-state index is 12.0. The minimum absolute atomic E-state index is 0.285. The zero-order chi connectivity index (χ0) is 14.5. The highest BCUT2D eigenvalue weighted by atomic mass is 79.9. The summed E-state index contributed by atoms with van der Waals surface area (Å²) in [6.45, 7) is 4.40. The summed E-state index contributed by atoms with van der Waals surface area (Å²) in [5, 5.41) is 0. The maximum absolute atomic E-state index is 12.0. The monoisotopic (exact) mass is 332 g/mol. The first-order valence-corrected chi connectivity index (χ1v) is 7.35. The molecular formula is C17H17BrO2. The van der Waals surface area contributed by atoms with Gasteiger partial charge in [0.05, 0.1) is 12.2 Å². The van der Waals surface area contributed by atoms with Gasteiger partial charge in [0.1, 0.15) is 0 Å². The van der Waals surface area contributed by atoms with Crippen molar-refractivity contribution in [3.63, 3.8) is 0 Å². The zero-order valence-electron chi connectivity index (χ0n) is 11.7. The Kier molecular flexibility index (Phi) is 4.96. The lowest BCUT2D eigenvalue weighted by molar-refractivity contribution is 0.0508. The molecule has 0 heterocycles. The quantitative estimate of drug-likeness (QED) is 0.772. The molecule has 0 saturated carbocycles. The lowest BCUT2D eigenvalue weighted by Crippen LogP contribution is -2.09. The van der Waals surface area contributed by atoms with Crippen LogP contribution in [0.4, 0.5) is 0 Å². The van der Waals surface area contributed by atoms with E-state index in [0.29, 0.717) is 12.2 Å². The number of rotatable bonds is 4. The molecule has 20 heavy (non-hydrogen) atoms. The molecule has 0 amide bonds. The van der Waals surface area contributed by atoms with Crippen molar-refractivity contribution in [3.8, 4) is 0 Å². The highest BCUT2D eigenvalue weighted by Crippen LogP contribution is 2.21. The molecule has 0 N–H and O–H groups in total. The van der Waals surface area contributed by atoms with Crippen LogP contribution >= 0.6 is 15.9 Å². The Morgan fingerprint density at radius 2 is 1.80 bits per heavy atom. The van der Waals surface area contributed by atoms with Crippen LogP contribution in [0.15, 0.2) is 46.9 Å². The number of benzene rings is 2. The molecule has 0 bridgehead atoms. The van der Waals surface area contributed by atoms with E-state index in [2.05, 4.69) is 47.1 Å². The number of hydrogen-bond acceptors (Lipinski definition) is 2. The second kappa shape index (κ2) is 6.71. The molecular weight excluding hydrogens is 316 g/mol. The minimum Gasteiger partial charge on any atom is -0.462 e. The van der Waals surface area contributed by atoms with Crippen LogP contribution in [-0.2, 0) is 11.2 Å². The van der Waals surface area contributed by atoms with Gasteiger partial charge in [-0.05, 0) is 47.0 Å². The standard InChI is InChI=1S/C17H17BrO2/c1-12-6-8-14(9-7-12)10-11-20-17(19)15-5-3-4-13(2)16(15)18/h3-9H,10-11H2,1-2H3. The number of carbonyl (C=O) groups is 1. The summed E-state index contributed by atoms with van der Waals surface area (Å²) in [7, 11) is 0. The minimum atomic E-state index is -0.285. The first-order chi connectivity index (χ1) is 9.58. The van der Waals surface area contributed by atoms with Crippen LogP contribution in [0.3, 0.4) is 0 Å². The van der Waals surface area contributed by atoms with Gasteiger partial charge in [-0.25, -0.2) is 4.79 Å². The smallest absolute Gasteiger partial charge is 0.339 e. The van der Waals surface area contributed by atoms with Crippen molar-refractivity contribution in [1.82, 2.24) is 0 Å². The van der Waals surface area contributed by atoms with Gasteiger partial charge in [-0.1, -0.05) is 42.0 Å². The summed E-state index contributed by atoms with van der Waals surface area (Å²) in [5.41, 5.74) is 4.01. The Bertz CT molecular complexity index is 603. The summed E-state index contributed by atoms with van der Waals surface area (Å²) >= 11 is 3.42. The van der Waals surface area contributed by atoms with Crippen LogP contribution in [0.2, 0.25) is 0 Å². The Labute approximate surface area is 127 Å². The Balaban J connectivity index is 1.92. The van der Waals surface area contributed by atoms with Crippen molar-refractivity contribution < 1.29 is 9.53 Å². The SMILES string of the molecule is Cc1ccc(CCOC(=O)c2cccc(C)c2Br)cc1. The van der Waals surface area contributed by atoms with Gasteiger partial charge in [0.15, 0.2) is 0 Å². The fourth-order valence-corrected chi connectivity index (χ4v) is 2.33. The molecule has 0 aliphatic carbocycles. The topological polar surface area (TPSA) is 26.3 Å². The molecule has 0 radical (unpaired) electrons. The summed E-state index contributed by atoms with van der Waals surface area (Å²) in [4.78, 5) is 12.0. The number of aryl methyl sites for hydroxylation is 2. The molecule has 0 fully saturated rings. The maximum Gasteiger partial charge on any atom is 0.339 e. The van der Waals surface area contributed by atoms with Gasteiger partial charge in [-0.15, -0.1) is 0 Å². The molecule has 0 spiro atoms. The molecule has 2 rings (SSSR count). The number of ether oxygens (including phenoxy) is 1. The van der Waals surface area contributed by atoms with Crippen LogP contribution in [0.5, 0.6) is 0 Å². The molecule has 0 aromatic heterocycles. The molecule has 2 aromatic rings. The first-order valence-electron chi connectivity index (χ1n) is 6.55. The van der Waals surface area contributed by atoms with E-state index in [-0.39, 0.29) is 5.97 Å². The second-order valence-electron chi connectivity index (χ2n) is 4.81. The van der Waals surface area contributed by atoms with Crippen LogP contribution in [0.1, 0.15) is 27.0 Å². The lowest BCUT2D eigenvalue weighted by Gasteiger charge is -2.08. The molecule has 2 aromatic carbocycles. The molecule has 0 unspecified atom stereocenters. The van der Waals surface area contributed by atoms with Crippen molar-refractivity contribution in [2.24, 2.45) is 0 Å². The van der Waals surface area contributed by atoms with Gasteiger partial charge in [0.2, 0.25) is 0 Å². The predicted octanol–water partition coefficient (Wildman–Crippen LogP) is 4.47. The first kappa shape index (κ1) is 14.8. The van der Waals surface area contributed by atoms with Gasteiger partial charge in [-0.2, -0.15) is 0 Å². The van der Waals surface area contributed by atoms with Crippen molar-refractivity contribution >= 4 is 21.9 Å². The van der Waals surface area contributed by atoms with Gasteiger partial charge in [-0.3, -0.25) is 0 Å². The highest BCUT2D eigenvalue weighted by molar-refractivity contribution is 9.10. The predicted molar refractivity (Wildman–Crippen MR) is 84.0 cm³/mol. The molecule has 0 aliphatic heterocycles. The average Bonchev–Trinajstić information content (AvgIpc) is 2.44. The summed E-state index contributed by atoms with van der Waals surface area (Å²) in [5.74, 6) is -0.285. The molecule has 2 nitrogen and oxygen atoms in total. The van der Waals surface area contributed by atoms with E-state index < -0.39 is 0 Å². The largest absolute Gasteiger partial charge is 0.462 e. The fourth-order valence-electron chi connectivity index (χ4n) is 1.90. The van der Waals surface area contributed by atoms with E-state index in [9.17, 15) is 4.79 Å². The number of carbonyl (C=O) groups excluding carboxylic acids is 1. The third kappa shape index (κ3) is 3.70. The highest BCUT2D eigenvalue weighted by Gasteiger charge is 2.12. The summed E-state index contributed by atoms with van der Waals surface area (Å²) in [6.07, 6.45) is 0.732. The lowest BCUT2D eigenvalue weighted by atomic mass is 10.1. The summed E-state index contributed by atoms with van der Waals surface area (Å²) < 4.78 is 6.14. The van der Waals surface area contributed by atoms with E-state index in [1.165, 1.54) is 11.1 Å². The van der Waals surface area contributed by atoms with Gasteiger partial charge in [0, 0.05) is 10.9 Å². The Morgan fingerprint density at radius 3 is 2.50 bits per heavy atom. The average molecular weight is 333 g/mol. The van der Waals surface area contributed by atoms with Gasteiger partial charge < -0.3 is 4.74 Å². The van der Waals surface area contributed by atoms with Gasteiger partial charge in [0.25, 0.3) is 0 Å². The molecule has 104 valence electrons. The third-order valence-electron chi connectivity index (χ3n) is 3.16. The normalized spacial score (nSPS) is 10.3. The third-order valence-corrected chi connectivity index (χ3v) is 4.21. The fraction of sp³-hybridized carbons (Fsp3) is 0.235. The van der Waals surface area contributed by atoms with Crippen LogP contribution in [0.25, 0.3) is 0 Å². The second-order valence-corrected chi connectivity index (χ2v) is 5.60. The molecule has 0 atom stereocenters. The molecule has 3 heteroatoms. The van der Waals surface area contributed by atoms with Crippen LogP contribution in [-0.4, -0.2) is 12.6 Å². The van der Waals surface area contributed by atoms with Gasteiger partial charge >= 0.3 is 5.97 Å². The molecule has 0 saturated heterocycles. The summed E-state index contributed by atoms with van der Waals surface area (Å²) in [6, 6.07) is 13.8. The van der Waals surface area contributed by atoms with Crippen molar-refractivity contribution in [2.75, 3.05) is 6.61 Å². The number of esters is 1.